The molecule has 5 heteroatoms. The van der Waals surface area contributed by atoms with Gasteiger partial charge < -0.3 is 5.32 Å². The molecule has 0 radical (unpaired) electrons. The topological polar surface area (TPSA) is 24.9 Å². The number of nitrogens with zero attached hydrogens (tertiary/aromatic N) is 1. The molecule has 0 aliphatic rings. The molecule has 0 aliphatic carbocycles. The van der Waals surface area contributed by atoms with E-state index in [1.54, 1.807) is 18.5 Å². The van der Waals surface area contributed by atoms with E-state index in [1.807, 2.05) is 6.07 Å². The highest BCUT2D eigenvalue weighted by molar-refractivity contribution is 6.31. The Kier molecular flexibility index (Phi) is 5.97. The van der Waals surface area contributed by atoms with Gasteiger partial charge in [0.2, 0.25) is 0 Å². The SMILES string of the molecule is CCCNC(Cc1cc(F)ccc1Cl)c1ccncc1Cl. The van der Waals surface area contributed by atoms with E-state index in [9.17, 15) is 4.39 Å². The van der Waals surface area contributed by atoms with Gasteiger partial charge in [-0.3, -0.25) is 4.98 Å². The van der Waals surface area contributed by atoms with Gasteiger partial charge in [0.25, 0.3) is 0 Å². The molecular weight excluding hydrogens is 310 g/mol. The molecule has 1 aromatic heterocycles. The molecule has 0 fully saturated rings. The highest BCUT2D eigenvalue weighted by Crippen LogP contribution is 2.28. The lowest BCUT2D eigenvalue weighted by Gasteiger charge is -2.20. The third-order valence-electron chi connectivity index (χ3n) is 3.25. The van der Waals surface area contributed by atoms with Crippen LogP contribution in [0.25, 0.3) is 0 Å². The third kappa shape index (κ3) is 4.40. The number of aromatic nitrogens is 1. The first-order chi connectivity index (χ1) is 10.1. The van der Waals surface area contributed by atoms with Crippen molar-refractivity contribution >= 4 is 23.2 Å². The van der Waals surface area contributed by atoms with Gasteiger partial charge in [0.1, 0.15) is 5.82 Å². The first-order valence-electron chi connectivity index (χ1n) is 6.88. The number of rotatable bonds is 6. The molecule has 0 bridgehead atoms. The summed E-state index contributed by atoms with van der Waals surface area (Å²) in [4.78, 5) is 4.00. The Bertz CT molecular complexity index is 605. The molecule has 0 amide bonds. The van der Waals surface area contributed by atoms with Crippen molar-refractivity contribution in [2.75, 3.05) is 6.54 Å². The van der Waals surface area contributed by atoms with Gasteiger partial charge in [-0.25, -0.2) is 4.39 Å². The van der Waals surface area contributed by atoms with Crippen molar-refractivity contribution in [3.63, 3.8) is 0 Å². The summed E-state index contributed by atoms with van der Waals surface area (Å²) in [6, 6.07) is 6.26. The lowest BCUT2D eigenvalue weighted by Crippen LogP contribution is -2.24. The van der Waals surface area contributed by atoms with Gasteiger partial charge in [-0.2, -0.15) is 0 Å². The number of halogens is 3. The standard InChI is InChI=1S/C16H17Cl2FN2/c1-2-6-21-16(13-5-7-20-10-15(13)18)9-11-8-12(19)3-4-14(11)17/h3-5,7-8,10,16,21H,2,6,9H2,1H3. The monoisotopic (exact) mass is 326 g/mol. The van der Waals surface area contributed by atoms with Crippen LogP contribution in [0.2, 0.25) is 10.0 Å². The number of benzene rings is 1. The van der Waals surface area contributed by atoms with Crippen molar-refractivity contribution in [2.45, 2.75) is 25.8 Å². The van der Waals surface area contributed by atoms with E-state index in [1.165, 1.54) is 12.1 Å². The summed E-state index contributed by atoms with van der Waals surface area (Å²) in [5.41, 5.74) is 1.71. The maximum absolute atomic E-state index is 13.4. The van der Waals surface area contributed by atoms with Crippen LogP contribution in [0.3, 0.4) is 0 Å². The molecule has 2 aromatic rings. The first kappa shape index (κ1) is 16.2. The lowest BCUT2D eigenvalue weighted by atomic mass is 9.99. The van der Waals surface area contributed by atoms with Crippen molar-refractivity contribution in [3.05, 3.63) is 63.6 Å². The zero-order chi connectivity index (χ0) is 15.2. The largest absolute Gasteiger partial charge is 0.310 e. The molecule has 1 atom stereocenters. The average Bonchev–Trinajstić information content (AvgIpc) is 2.48. The quantitative estimate of drug-likeness (QED) is 0.823. The highest BCUT2D eigenvalue weighted by atomic mass is 35.5. The van der Waals surface area contributed by atoms with Crippen LogP contribution in [0.5, 0.6) is 0 Å². The molecule has 1 unspecified atom stereocenters. The van der Waals surface area contributed by atoms with E-state index in [-0.39, 0.29) is 11.9 Å². The fourth-order valence-electron chi connectivity index (χ4n) is 2.20. The van der Waals surface area contributed by atoms with Crippen molar-refractivity contribution in [1.82, 2.24) is 10.3 Å². The lowest BCUT2D eigenvalue weighted by molar-refractivity contribution is 0.527. The summed E-state index contributed by atoms with van der Waals surface area (Å²) < 4.78 is 13.4. The molecule has 0 saturated heterocycles. The van der Waals surface area contributed by atoms with Gasteiger partial charge in [0.05, 0.1) is 5.02 Å². The molecule has 0 spiro atoms. The Morgan fingerprint density at radius 2 is 2.05 bits per heavy atom. The molecule has 2 rings (SSSR count). The predicted molar refractivity (Wildman–Crippen MR) is 85.4 cm³/mol. The van der Waals surface area contributed by atoms with Crippen LogP contribution < -0.4 is 5.32 Å². The van der Waals surface area contributed by atoms with Gasteiger partial charge in [0, 0.05) is 23.5 Å². The van der Waals surface area contributed by atoms with Crippen molar-refractivity contribution in [3.8, 4) is 0 Å². The summed E-state index contributed by atoms with van der Waals surface area (Å²) in [7, 11) is 0. The second-order valence-electron chi connectivity index (χ2n) is 4.84. The normalized spacial score (nSPS) is 12.4. The van der Waals surface area contributed by atoms with Crippen LogP contribution in [-0.4, -0.2) is 11.5 Å². The molecule has 21 heavy (non-hydrogen) atoms. The van der Waals surface area contributed by atoms with E-state index < -0.39 is 0 Å². The summed E-state index contributed by atoms with van der Waals surface area (Å²) in [6.45, 7) is 2.93. The second kappa shape index (κ2) is 7.74. The van der Waals surface area contributed by atoms with E-state index in [0.29, 0.717) is 16.5 Å². The Labute approximate surface area is 134 Å². The molecule has 0 saturated carbocycles. The third-order valence-corrected chi connectivity index (χ3v) is 3.94. The van der Waals surface area contributed by atoms with E-state index in [2.05, 4.69) is 17.2 Å². The van der Waals surface area contributed by atoms with Gasteiger partial charge in [-0.15, -0.1) is 0 Å². The van der Waals surface area contributed by atoms with Gasteiger partial charge in [0.15, 0.2) is 0 Å². The molecule has 1 aromatic carbocycles. The zero-order valence-corrected chi connectivity index (χ0v) is 13.3. The first-order valence-corrected chi connectivity index (χ1v) is 7.64. The Hall–Kier alpha value is -1.16. The highest BCUT2D eigenvalue weighted by Gasteiger charge is 2.16. The van der Waals surface area contributed by atoms with Crippen LogP contribution >= 0.6 is 23.2 Å². The van der Waals surface area contributed by atoms with E-state index in [0.717, 1.165) is 24.1 Å². The Morgan fingerprint density at radius 1 is 1.24 bits per heavy atom. The summed E-state index contributed by atoms with van der Waals surface area (Å²) in [5.74, 6) is -0.288. The van der Waals surface area contributed by atoms with Gasteiger partial charge >= 0.3 is 0 Å². The fraction of sp³-hybridized carbons (Fsp3) is 0.312. The maximum Gasteiger partial charge on any atom is 0.123 e. The minimum Gasteiger partial charge on any atom is -0.310 e. The number of hydrogen-bond acceptors (Lipinski definition) is 2. The van der Waals surface area contributed by atoms with Crippen molar-refractivity contribution in [2.24, 2.45) is 0 Å². The van der Waals surface area contributed by atoms with E-state index in [4.69, 9.17) is 23.2 Å². The fourth-order valence-corrected chi connectivity index (χ4v) is 2.64. The number of hydrogen-bond donors (Lipinski definition) is 1. The molecule has 112 valence electrons. The van der Waals surface area contributed by atoms with E-state index >= 15 is 0 Å². The van der Waals surface area contributed by atoms with Crippen molar-refractivity contribution < 1.29 is 4.39 Å². The molecule has 1 heterocycles. The Morgan fingerprint density at radius 3 is 2.76 bits per heavy atom. The molecule has 0 aliphatic heterocycles. The summed E-state index contributed by atoms with van der Waals surface area (Å²) in [6.07, 6.45) is 4.89. The predicted octanol–water partition coefficient (Wildman–Crippen LogP) is 4.81. The number of nitrogens with one attached hydrogen (secondary N) is 1. The van der Waals surface area contributed by atoms with Gasteiger partial charge in [-0.05, 0) is 54.8 Å². The average molecular weight is 327 g/mol. The molecule has 1 N–H and O–H groups in total. The minimum absolute atomic E-state index is 0.0280. The summed E-state index contributed by atoms with van der Waals surface area (Å²) >= 11 is 12.4. The Balaban J connectivity index is 2.28. The number of pyridine rings is 1. The minimum atomic E-state index is -0.288. The zero-order valence-electron chi connectivity index (χ0n) is 11.7. The molecule has 2 nitrogen and oxygen atoms in total. The molecular formula is C16H17Cl2FN2. The van der Waals surface area contributed by atoms with Gasteiger partial charge in [-0.1, -0.05) is 30.1 Å². The van der Waals surface area contributed by atoms with Crippen molar-refractivity contribution in [1.29, 1.82) is 0 Å². The second-order valence-corrected chi connectivity index (χ2v) is 5.66. The summed E-state index contributed by atoms with van der Waals surface area (Å²) in [5, 5.41) is 4.58. The van der Waals surface area contributed by atoms with Crippen LogP contribution in [0.15, 0.2) is 36.7 Å². The van der Waals surface area contributed by atoms with Crippen LogP contribution in [-0.2, 0) is 6.42 Å². The maximum atomic E-state index is 13.4. The van der Waals surface area contributed by atoms with Crippen LogP contribution in [0.1, 0.15) is 30.5 Å². The van der Waals surface area contributed by atoms with Crippen LogP contribution in [0.4, 0.5) is 4.39 Å². The smallest absolute Gasteiger partial charge is 0.123 e. The van der Waals surface area contributed by atoms with Crippen LogP contribution in [0, 0.1) is 5.82 Å².